The van der Waals surface area contributed by atoms with Gasteiger partial charge in [-0.15, -0.1) is 10.2 Å². The Kier molecular flexibility index (Phi) is 5.86. The third kappa shape index (κ3) is 4.30. The molecule has 0 saturated carbocycles. The first kappa shape index (κ1) is 22.2. The highest BCUT2D eigenvalue weighted by Crippen LogP contribution is 2.27. The summed E-state index contributed by atoms with van der Waals surface area (Å²) in [5.74, 6) is 0.145. The molecule has 1 amide bonds. The Bertz CT molecular complexity index is 1450. The highest BCUT2D eigenvalue weighted by atomic mass is 32.2. The van der Waals surface area contributed by atoms with Crippen LogP contribution in [0.1, 0.15) is 6.92 Å². The van der Waals surface area contributed by atoms with Crippen LogP contribution in [0, 0.1) is 0 Å². The topological polar surface area (TPSA) is 139 Å². The summed E-state index contributed by atoms with van der Waals surface area (Å²) in [5, 5.41) is 11.3. The van der Waals surface area contributed by atoms with E-state index >= 15 is 0 Å². The third-order valence-electron chi connectivity index (χ3n) is 5.45. The number of fused-ring (bicyclic) bond motifs is 3. The van der Waals surface area contributed by atoms with Crippen molar-refractivity contribution in [2.45, 2.75) is 17.9 Å². The van der Waals surface area contributed by atoms with Crippen LogP contribution in [0.3, 0.4) is 0 Å². The number of benzene rings is 2. The fraction of sp³-hybridized carbons (Fsp3) is 0.273. The number of aromatic nitrogens is 4. The quantitative estimate of drug-likeness (QED) is 0.425. The van der Waals surface area contributed by atoms with Crippen LogP contribution in [0.2, 0.25) is 0 Å². The van der Waals surface area contributed by atoms with Gasteiger partial charge in [0, 0.05) is 24.0 Å². The second-order valence-corrected chi connectivity index (χ2v) is 9.68. The van der Waals surface area contributed by atoms with Crippen molar-refractivity contribution in [2.24, 2.45) is 0 Å². The molecule has 1 atom stereocenters. The molecule has 0 spiro atoms. The first-order valence-electron chi connectivity index (χ1n) is 10.7. The van der Waals surface area contributed by atoms with Gasteiger partial charge in [0.2, 0.25) is 10.0 Å². The summed E-state index contributed by atoms with van der Waals surface area (Å²) in [7, 11) is -3.66. The maximum atomic E-state index is 13.0. The minimum atomic E-state index is -3.66. The van der Waals surface area contributed by atoms with Crippen molar-refractivity contribution in [1.29, 1.82) is 0 Å². The number of carbonyl (C=O) groups is 1. The average Bonchev–Trinajstić information content (AvgIpc) is 3.22. The molecule has 1 aliphatic heterocycles. The van der Waals surface area contributed by atoms with E-state index in [0.29, 0.717) is 54.1 Å². The molecule has 1 fully saturated rings. The lowest BCUT2D eigenvalue weighted by atomic mass is 10.2. The van der Waals surface area contributed by atoms with Gasteiger partial charge in [-0.3, -0.25) is 10.1 Å². The van der Waals surface area contributed by atoms with Crippen LogP contribution in [-0.2, 0) is 19.6 Å². The van der Waals surface area contributed by atoms with Crippen molar-refractivity contribution in [3.05, 3.63) is 48.5 Å². The zero-order chi connectivity index (χ0) is 23.7. The molecule has 11 nitrogen and oxygen atoms in total. The summed E-state index contributed by atoms with van der Waals surface area (Å²) in [6, 6.07) is 13.8. The number of H-pyrrole nitrogens is 1. The fourth-order valence-corrected chi connectivity index (χ4v) is 5.10. The summed E-state index contributed by atoms with van der Waals surface area (Å²) in [4.78, 5) is 20.1. The van der Waals surface area contributed by atoms with Crippen LogP contribution in [0.5, 0.6) is 5.75 Å². The Hall–Kier alpha value is -3.61. The maximum Gasteiger partial charge on any atom is 0.267 e. The lowest BCUT2D eigenvalue weighted by Gasteiger charge is -2.26. The van der Waals surface area contributed by atoms with Crippen molar-refractivity contribution in [1.82, 2.24) is 24.5 Å². The van der Waals surface area contributed by atoms with Gasteiger partial charge in [0.05, 0.1) is 18.1 Å². The lowest BCUT2D eigenvalue weighted by Crippen LogP contribution is -2.40. The largest absolute Gasteiger partial charge is 0.481 e. The SMILES string of the molecule is CC(Oc1ccccc1)C(=O)Nc1nnc2c(n1)[nH]c1ccc(S(=O)(=O)N3CCOCC3)cc12. The number of para-hydroxylation sites is 1. The summed E-state index contributed by atoms with van der Waals surface area (Å²) >= 11 is 0. The Labute approximate surface area is 195 Å². The molecule has 12 heteroatoms. The molecular weight excluding hydrogens is 460 g/mol. The number of carbonyl (C=O) groups excluding carboxylic acids is 1. The number of nitrogens with one attached hydrogen (secondary N) is 2. The first-order valence-corrected chi connectivity index (χ1v) is 12.1. The number of hydrogen-bond acceptors (Lipinski definition) is 8. The molecule has 1 saturated heterocycles. The van der Waals surface area contributed by atoms with Gasteiger partial charge in [0.25, 0.3) is 11.9 Å². The monoisotopic (exact) mass is 482 g/mol. The molecule has 1 aliphatic rings. The van der Waals surface area contributed by atoms with Crippen LogP contribution in [0.25, 0.3) is 22.1 Å². The number of ether oxygens (including phenoxy) is 2. The number of anilines is 1. The molecule has 0 aliphatic carbocycles. The molecular formula is C22H22N6O5S. The van der Waals surface area contributed by atoms with Crippen LogP contribution in [0.15, 0.2) is 53.4 Å². The number of rotatable bonds is 6. The number of aromatic amines is 1. The Morgan fingerprint density at radius 1 is 1.15 bits per heavy atom. The van der Waals surface area contributed by atoms with E-state index in [-0.39, 0.29) is 10.8 Å². The summed E-state index contributed by atoms with van der Waals surface area (Å²) in [6.07, 6.45) is -0.780. The van der Waals surface area contributed by atoms with Gasteiger partial charge in [0.15, 0.2) is 11.8 Å². The Balaban J connectivity index is 1.38. The van der Waals surface area contributed by atoms with Crippen LogP contribution >= 0.6 is 0 Å². The van der Waals surface area contributed by atoms with Gasteiger partial charge in [0.1, 0.15) is 11.3 Å². The van der Waals surface area contributed by atoms with Gasteiger partial charge >= 0.3 is 0 Å². The van der Waals surface area contributed by atoms with Gasteiger partial charge in [-0.05, 0) is 37.3 Å². The molecule has 34 heavy (non-hydrogen) atoms. The van der Waals surface area contributed by atoms with Crippen molar-refractivity contribution in [3.63, 3.8) is 0 Å². The molecule has 176 valence electrons. The van der Waals surface area contributed by atoms with Crippen molar-refractivity contribution < 1.29 is 22.7 Å². The molecule has 2 N–H and O–H groups in total. The van der Waals surface area contributed by atoms with Crippen LogP contribution < -0.4 is 10.1 Å². The fourth-order valence-electron chi connectivity index (χ4n) is 3.67. The van der Waals surface area contributed by atoms with E-state index in [4.69, 9.17) is 9.47 Å². The molecule has 1 unspecified atom stereocenters. The normalized spacial score (nSPS) is 15.9. The maximum absolute atomic E-state index is 13.0. The van der Waals surface area contributed by atoms with E-state index in [9.17, 15) is 13.2 Å². The van der Waals surface area contributed by atoms with Crippen LogP contribution in [0.4, 0.5) is 5.95 Å². The molecule has 3 heterocycles. The van der Waals surface area contributed by atoms with Gasteiger partial charge in [-0.25, -0.2) is 8.42 Å². The predicted octanol–water partition coefficient (Wildman–Crippen LogP) is 1.93. The molecule has 4 aromatic rings. The van der Waals surface area contributed by atoms with E-state index in [1.807, 2.05) is 18.2 Å². The van der Waals surface area contributed by atoms with Crippen molar-refractivity contribution in [2.75, 3.05) is 31.6 Å². The third-order valence-corrected chi connectivity index (χ3v) is 7.35. The smallest absolute Gasteiger partial charge is 0.267 e. The van der Waals surface area contributed by atoms with Crippen LogP contribution in [-0.4, -0.2) is 71.2 Å². The lowest BCUT2D eigenvalue weighted by molar-refractivity contribution is -0.122. The van der Waals surface area contributed by atoms with Gasteiger partial charge in [-0.1, -0.05) is 18.2 Å². The Morgan fingerprint density at radius 2 is 1.91 bits per heavy atom. The standard InChI is InChI=1S/C22H22N6O5S/c1-14(33-15-5-3-2-4-6-15)21(29)25-22-24-20-19(26-27-22)17-13-16(7-8-18(17)23-20)34(30,31)28-9-11-32-12-10-28/h2-8,13-14H,9-12H2,1H3,(H2,23,24,25,27,29). The number of nitrogens with zero attached hydrogens (tertiary/aromatic N) is 4. The summed E-state index contributed by atoms with van der Waals surface area (Å²) in [6.45, 7) is 2.98. The second kappa shape index (κ2) is 8.97. The minimum Gasteiger partial charge on any atom is -0.481 e. The van der Waals surface area contributed by atoms with Gasteiger partial charge < -0.3 is 14.5 Å². The molecule has 5 rings (SSSR count). The number of sulfonamides is 1. The number of morpholine rings is 1. The van der Waals surface area contributed by atoms with Crippen molar-refractivity contribution in [3.8, 4) is 5.75 Å². The van der Waals surface area contributed by atoms with E-state index in [1.165, 1.54) is 4.31 Å². The molecule has 2 aromatic carbocycles. The van der Waals surface area contributed by atoms with E-state index < -0.39 is 22.0 Å². The second-order valence-electron chi connectivity index (χ2n) is 7.74. The molecule has 2 aromatic heterocycles. The summed E-state index contributed by atoms with van der Waals surface area (Å²) in [5.41, 5.74) is 1.43. The van der Waals surface area contributed by atoms with Gasteiger partial charge in [-0.2, -0.15) is 9.29 Å². The Morgan fingerprint density at radius 3 is 2.68 bits per heavy atom. The zero-order valence-electron chi connectivity index (χ0n) is 18.3. The zero-order valence-corrected chi connectivity index (χ0v) is 19.1. The number of hydrogen-bond donors (Lipinski definition) is 2. The molecule has 0 bridgehead atoms. The van der Waals surface area contributed by atoms with E-state index in [2.05, 4.69) is 25.5 Å². The highest BCUT2D eigenvalue weighted by Gasteiger charge is 2.27. The minimum absolute atomic E-state index is 0.00808. The van der Waals surface area contributed by atoms with Crippen molar-refractivity contribution >= 4 is 43.9 Å². The number of amides is 1. The first-order chi connectivity index (χ1) is 16.4. The predicted molar refractivity (Wildman–Crippen MR) is 124 cm³/mol. The highest BCUT2D eigenvalue weighted by molar-refractivity contribution is 7.89. The molecule has 0 radical (unpaired) electrons. The van der Waals surface area contributed by atoms with E-state index in [0.717, 1.165) is 0 Å². The average molecular weight is 483 g/mol. The summed E-state index contributed by atoms with van der Waals surface area (Å²) < 4.78 is 38.3. The van der Waals surface area contributed by atoms with E-state index in [1.54, 1.807) is 37.3 Å².